The van der Waals surface area contributed by atoms with Gasteiger partial charge in [0.1, 0.15) is 0 Å². The van der Waals surface area contributed by atoms with E-state index in [1.807, 2.05) is 27.7 Å². The minimum Gasteiger partial charge on any atom is -0.310 e. The van der Waals surface area contributed by atoms with Crippen LogP contribution in [0.2, 0.25) is 0 Å². The van der Waals surface area contributed by atoms with E-state index in [9.17, 15) is 4.79 Å². The van der Waals surface area contributed by atoms with Crippen LogP contribution in [0.1, 0.15) is 27.7 Å². The molecule has 15 heavy (non-hydrogen) atoms. The molecular formula is C9H18ClN3OS. The Hall–Kier alpha value is -0.420. The predicted octanol–water partition coefficient (Wildman–Crippen LogP) is 2.59. The lowest BCUT2D eigenvalue weighted by molar-refractivity contribution is 0.140. The number of nitrogens with zero attached hydrogens (tertiary/aromatic N) is 2. The second kappa shape index (κ2) is 5.07. The molecule has 1 heterocycles. The third-order valence-electron chi connectivity index (χ3n) is 2.16. The van der Waals surface area contributed by atoms with E-state index in [0.29, 0.717) is 17.6 Å². The van der Waals surface area contributed by atoms with E-state index in [0.717, 1.165) is 0 Å². The van der Waals surface area contributed by atoms with Crippen molar-refractivity contribution in [2.45, 2.75) is 33.2 Å². The van der Waals surface area contributed by atoms with Crippen LogP contribution in [0.5, 0.6) is 0 Å². The molecule has 1 aliphatic heterocycles. The summed E-state index contributed by atoms with van der Waals surface area (Å²) in [6.07, 6.45) is 0. The van der Waals surface area contributed by atoms with Crippen molar-refractivity contribution in [1.82, 2.24) is 9.80 Å². The number of urea groups is 1. The molecule has 1 rings (SSSR count). The normalized spacial score (nSPS) is 17.9. The van der Waals surface area contributed by atoms with Gasteiger partial charge in [0, 0.05) is 12.1 Å². The van der Waals surface area contributed by atoms with Crippen LogP contribution >= 0.6 is 24.2 Å². The van der Waals surface area contributed by atoms with Crippen molar-refractivity contribution in [3.05, 3.63) is 0 Å². The molecule has 1 aliphatic rings. The van der Waals surface area contributed by atoms with Crippen LogP contribution in [-0.2, 0) is 0 Å². The first-order valence-electron chi connectivity index (χ1n) is 4.68. The second-order valence-corrected chi connectivity index (χ2v) is 5.14. The van der Waals surface area contributed by atoms with E-state index in [4.69, 9.17) is 5.41 Å². The first-order valence-corrected chi connectivity index (χ1v) is 5.67. The van der Waals surface area contributed by atoms with Crippen molar-refractivity contribution in [2.24, 2.45) is 0 Å². The van der Waals surface area contributed by atoms with Gasteiger partial charge < -0.3 is 4.90 Å². The highest BCUT2D eigenvalue weighted by Gasteiger charge is 2.35. The monoisotopic (exact) mass is 251 g/mol. The van der Waals surface area contributed by atoms with Crippen LogP contribution in [-0.4, -0.2) is 39.0 Å². The third-order valence-corrected chi connectivity index (χ3v) is 3.04. The number of rotatable bonds is 1. The van der Waals surface area contributed by atoms with Gasteiger partial charge in [0.05, 0.1) is 5.88 Å². The summed E-state index contributed by atoms with van der Waals surface area (Å²) in [5, 5.41) is 7.97. The molecule has 2 amide bonds. The van der Waals surface area contributed by atoms with Crippen molar-refractivity contribution < 1.29 is 4.79 Å². The van der Waals surface area contributed by atoms with Gasteiger partial charge in [-0.3, -0.25) is 10.3 Å². The van der Waals surface area contributed by atoms with Gasteiger partial charge in [-0.25, -0.2) is 4.79 Å². The van der Waals surface area contributed by atoms with Crippen molar-refractivity contribution in [3.8, 4) is 0 Å². The number of hydrogen-bond donors (Lipinski definition) is 1. The molecule has 1 saturated heterocycles. The van der Waals surface area contributed by atoms with Gasteiger partial charge in [-0.05, 0) is 27.7 Å². The van der Waals surface area contributed by atoms with Crippen molar-refractivity contribution in [2.75, 3.05) is 12.4 Å². The zero-order chi connectivity index (χ0) is 10.9. The third kappa shape index (κ3) is 3.01. The fourth-order valence-corrected chi connectivity index (χ4v) is 2.36. The maximum atomic E-state index is 11.9. The Morgan fingerprint density at radius 1 is 1.47 bits per heavy atom. The van der Waals surface area contributed by atoms with Crippen molar-refractivity contribution in [3.63, 3.8) is 0 Å². The molecule has 0 radical (unpaired) electrons. The molecule has 0 aromatic heterocycles. The lowest BCUT2D eigenvalue weighted by Gasteiger charge is -2.42. The minimum absolute atomic E-state index is 0. The number of halogens is 1. The van der Waals surface area contributed by atoms with Gasteiger partial charge in [-0.2, -0.15) is 0 Å². The number of carbonyl (C=O) groups excluding carboxylic acids is 1. The molecule has 0 aliphatic carbocycles. The topological polar surface area (TPSA) is 47.4 Å². The lowest BCUT2D eigenvalue weighted by atomic mass is 10.1. The fourth-order valence-electron chi connectivity index (χ4n) is 1.25. The molecule has 6 heteroatoms. The number of amidine groups is 1. The second-order valence-electron chi connectivity index (χ2n) is 4.20. The first kappa shape index (κ1) is 14.6. The van der Waals surface area contributed by atoms with E-state index in [-0.39, 0.29) is 24.0 Å². The largest absolute Gasteiger partial charge is 0.327 e. The van der Waals surface area contributed by atoms with Gasteiger partial charge in [0.25, 0.3) is 0 Å². The number of hydrogen-bond acceptors (Lipinski definition) is 3. The minimum atomic E-state index is -0.168. The fraction of sp³-hybridized carbons (Fsp3) is 0.778. The number of amides is 2. The van der Waals surface area contributed by atoms with Crippen molar-refractivity contribution >= 4 is 35.4 Å². The summed E-state index contributed by atoms with van der Waals surface area (Å²) in [5.41, 5.74) is -0.168. The summed E-state index contributed by atoms with van der Waals surface area (Å²) < 4.78 is 0. The lowest BCUT2D eigenvalue weighted by Crippen LogP contribution is -2.56. The maximum Gasteiger partial charge on any atom is 0.327 e. The molecule has 0 aromatic carbocycles. The first-order chi connectivity index (χ1) is 6.38. The summed E-state index contributed by atoms with van der Waals surface area (Å²) >= 11 is 1.40. The maximum absolute atomic E-state index is 11.9. The highest BCUT2D eigenvalue weighted by Crippen LogP contribution is 2.25. The smallest absolute Gasteiger partial charge is 0.310 e. The van der Waals surface area contributed by atoms with Crippen LogP contribution in [0.3, 0.4) is 0 Å². The molecule has 0 bridgehead atoms. The summed E-state index contributed by atoms with van der Waals surface area (Å²) in [7, 11) is 0. The predicted molar refractivity (Wildman–Crippen MR) is 66.8 cm³/mol. The molecule has 0 spiro atoms. The van der Waals surface area contributed by atoms with Gasteiger partial charge >= 0.3 is 6.03 Å². The zero-order valence-electron chi connectivity index (χ0n) is 9.53. The Morgan fingerprint density at radius 3 is 2.40 bits per heavy atom. The Balaban J connectivity index is 0.00000196. The molecule has 4 nitrogen and oxygen atoms in total. The van der Waals surface area contributed by atoms with E-state index >= 15 is 0 Å². The molecule has 1 N–H and O–H groups in total. The van der Waals surface area contributed by atoms with Crippen LogP contribution in [0, 0.1) is 5.41 Å². The molecule has 0 saturated carbocycles. The van der Waals surface area contributed by atoms with Gasteiger partial charge in [0.2, 0.25) is 0 Å². The van der Waals surface area contributed by atoms with Gasteiger partial charge in [-0.15, -0.1) is 12.4 Å². The number of carbonyl (C=O) groups is 1. The van der Waals surface area contributed by atoms with E-state index in [2.05, 4.69) is 0 Å². The van der Waals surface area contributed by atoms with E-state index in [1.165, 1.54) is 16.7 Å². The molecule has 0 atom stereocenters. The van der Waals surface area contributed by atoms with Crippen LogP contribution in [0.4, 0.5) is 4.79 Å². The molecule has 1 fully saturated rings. The Bertz CT molecular complexity index is 265. The van der Waals surface area contributed by atoms with Crippen molar-refractivity contribution in [1.29, 1.82) is 5.41 Å². The zero-order valence-corrected chi connectivity index (χ0v) is 11.2. The summed E-state index contributed by atoms with van der Waals surface area (Å²) in [5.74, 6) is 0.581. The van der Waals surface area contributed by atoms with Crippen LogP contribution < -0.4 is 0 Å². The van der Waals surface area contributed by atoms with Crippen LogP contribution in [0.25, 0.3) is 0 Å². The average Bonchev–Trinajstić information content (AvgIpc) is 2.02. The molecule has 0 aromatic rings. The Morgan fingerprint density at radius 2 is 2.00 bits per heavy atom. The highest BCUT2D eigenvalue weighted by atomic mass is 35.5. The average molecular weight is 252 g/mol. The summed E-state index contributed by atoms with van der Waals surface area (Å²) in [4.78, 5) is 15.2. The summed E-state index contributed by atoms with van der Waals surface area (Å²) in [6, 6.07) is -0.0521. The van der Waals surface area contributed by atoms with Crippen LogP contribution in [0.15, 0.2) is 0 Å². The number of nitrogens with one attached hydrogen (secondary N) is 1. The molecular weight excluding hydrogens is 234 g/mol. The standard InChI is InChI=1S/C9H17N3OS.ClH/c1-5-11-7(10)14-6-12(8(11)13)9(2,3)4;/h10H,5-6H2,1-4H3;1H. The SMILES string of the molecule is CCN1C(=N)SCN(C(C)(C)C)C1=O.Cl. The molecule has 88 valence electrons. The Kier molecular flexibility index (Phi) is 4.93. The quantitative estimate of drug-likeness (QED) is 0.779. The van der Waals surface area contributed by atoms with E-state index < -0.39 is 0 Å². The number of thioether (sulfide) groups is 1. The Labute approximate surface area is 101 Å². The van der Waals surface area contributed by atoms with Gasteiger partial charge in [0.15, 0.2) is 5.17 Å². The van der Waals surface area contributed by atoms with Gasteiger partial charge in [-0.1, -0.05) is 11.8 Å². The summed E-state index contributed by atoms with van der Waals surface area (Å²) in [6.45, 7) is 8.48. The van der Waals surface area contributed by atoms with E-state index in [1.54, 1.807) is 4.90 Å². The molecule has 0 unspecified atom stereocenters. The highest BCUT2D eigenvalue weighted by molar-refractivity contribution is 8.13.